The molecule has 1 saturated heterocycles. The third-order valence-corrected chi connectivity index (χ3v) is 10.4. The van der Waals surface area contributed by atoms with Gasteiger partial charge in [0.05, 0.1) is 25.4 Å². The third kappa shape index (κ3) is 9.11. The van der Waals surface area contributed by atoms with Gasteiger partial charge in [0.2, 0.25) is 5.89 Å². The summed E-state index contributed by atoms with van der Waals surface area (Å²) in [4.78, 5) is 38.8. The van der Waals surface area contributed by atoms with Gasteiger partial charge in [-0.15, -0.1) is 10.2 Å². The molecule has 0 aliphatic carbocycles. The number of methoxy groups -OCH3 is 1. The summed E-state index contributed by atoms with van der Waals surface area (Å²) in [7, 11) is 1.31. The minimum absolute atomic E-state index is 0.102. The van der Waals surface area contributed by atoms with Crippen LogP contribution in [0.15, 0.2) is 131 Å². The normalized spacial score (nSPS) is 17.6. The second kappa shape index (κ2) is 17.9. The van der Waals surface area contributed by atoms with Gasteiger partial charge in [0.1, 0.15) is 11.9 Å². The first-order chi connectivity index (χ1) is 26.6. The highest BCUT2D eigenvalue weighted by atomic mass is 32.2. The van der Waals surface area contributed by atoms with E-state index in [1.807, 2.05) is 91.0 Å². The first kappa shape index (κ1) is 36.7. The van der Waals surface area contributed by atoms with E-state index in [1.54, 1.807) is 24.8 Å². The molecule has 0 radical (unpaired) electrons. The van der Waals surface area contributed by atoms with Gasteiger partial charge in [-0.3, -0.25) is 9.78 Å². The Morgan fingerprint density at radius 2 is 1.61 bits per heavy atom. The largest absolute Gasteiger partial charge is 0.453 e. The molecule has 0 unspecified atom stereocenters. The molecule has 1 aliphatic heterocycles. The Kier molecular flexibility index (Phi) is 12.2. The lowest BCUT2D eigenvalue weighted by molar-refractivity contribution is -0.120. The van der Waals surface area contributed by atoms with Crippen LogP contribution in [0.1, 0.15) is 46.5 Å². The number of benzene rings is 3. The van der Waals surface area contributed by atoms with E-state index >= 15 is 0 Å². The number of thioether (sulfide) groups is 1. The van der Waals surface area contributed by atoms with Gasteiger partial charge in [-0.05, 0) is 47.2 Å². The summed E-state index contributed by atoms with van der Waals surface area (Å²) < 4.78 is 17.7. The van der Waals surface area contributed by atoms with Crippen molar-refractivity contribution in [2.45, 2.75) is 54.7 Å². The van der Waals surface area contributed by atoms with Gasteiger partial charge >= 0.3 is 6.09 Å². The molecule has 0 spiro atoms. The fraction of sp³-hybridized carbons (Fsp3) is 0.268. The fourth-order valence-electron chi connectivity index (χ4n) is 6.84. The van der Waals surface area contributed by atoms with Crippen molar-refractivity contribution in [1.82, 2.24) is 35.8 Å². The topological polar surface area (TPSA) is 157 Å². The van der Waals surface area contributed by atoms with Crippen molar-refractivity contribution >= 4 is 23.6 Å². The lowest BCUT2D eigenvalue weighted by atomic mass is 9.81. The van der Waals surface area contributed by atoms with E-state index in [1.165, 1.54) is 18.9 Å². The van der Waals surface area contributed by atoms with Crippen LogP contribution in [0.5, 0.6) is 0 Å². The molecular weight excluding hydrogens is 703 g/mol. The van der Waals surface area contributed by atoms with Crippen LogP contribution in [0, 0.1) is 0 Å². The quantitative estimate of drug-likeness (QED) is 0.101. The van der Waals surface area contributed by atoms with Gasteiger partial charge in [0, 0.05) is 55.0 Å². The highest BCUT2D eigenvalue weighted by molar-refractivity contribution is 7.99. The second-order valence-corrected chi connectivity index (χ2v) is 13.9. The third-order valence-electron chi connectivity index (χ3n) is 9.50. The average Bonchev–Trinajstić information content (AvgIpc) is 3.94. The summed E-state index contributed by atoms with van der Waals surface area (Å²) in [5, 5.41) is 15.4. The van der Waals surface area contributed by atoms with Crippen LogP contribution in [-0.4, -0.2) is 74.7 Å². The Labute approximate surface area is 317 Å². The summed E-state index contributed by atoms with van der Waals surface area (Å²) >= 11 is 1.44. The SMILES string of the molecule is COC(=O)N[C@H](C(=O)Cc1ccccc1CC[C@@H]1CN[C@H](c2ncc[nH]2)[C@@H](CSc2nnc(-c3ccncc3)o2)O1)C(c1ccccc1)c1ccccc1. The van der Waals surface area contributed by atoms with E-state index in [0.717, 1.165) is 40.1 Å². The first-order valence-corrected chi connectivity index (χ1v) is 18.8. The average molecular weight is 744 g/mol. The molecular formula is C41H41N7O5S. The number of Topliss-reactive ketones (excluding diaryl/α,β-unsaturated/α-hetero) is 1. The van der Waals surface area contributed by atoms with Crippen molar-refractivity contribution in [2.24, 2.45) is 0 Å². The lowest BCUT2D eigenvalue weighted by Crippen LogP contribution is -2.48. The molecule has 3 N–H and O–H groups in total. The number of imidazole rings is 1. The zero-order chi connectivity index (χ0) is 37.1. The molecule has 6 aromatic rings. The molecule has 3 aromatic heterocycles. The number of hydrogen-bond donors (Lipinski definition) is 3. The van der Waals surface area contributed by atoms with Crippen molar-refractivity contribution in [3.05, 3.63) is 150 Å². The Balaban J connectivity index is 1.04. The number of carbonyl (C=O) groups excluding carboxylic acids is 2. The predicted octanol–water partition coefficient (Wildman–Crippen LogP) is 6.35. The zero-order valence-corrected chi connectivity index (χ0v) is 30.5. The predicted molar refractivity (Wildman–Crippen MR) is 204 cm³/mol. The van der Waals surface area contributed by atoms with Gasteiger partial charge in [0.15, 0.2) is 5.78 Å². The number of rotatable bonds is 15. The van der Waals surface area contributed by atoms with E-state index in [-0.39, 0.29) is 30.5 Å². The van der Waals surface area contributed by atoms with Gasteiger partial charge in [-0.2, -0.15) is 0 Å². The fourth-order valence-corrected chi connectivity index (χ4v) is 7.66. The van der Waals surface area contributed by atoms with Crippen LogP contribution < -0.4 is 10.6 Å². The maximum Gasteiger partial charge on any atom is 0.407 e. The van der Waals surface area contributed by atoms with Crippen molar-refractivity contribution < 1.29 is 23.5 Å². The van der Waals surface area contributed by atoms with E-state index in [9.17, 15) is 9.59 Å². The van der Waals surface area contributed by atoms with Crippen LogP contribution in [0.4, 0.5) is 4.79 Å². The number of carbonyl (C=O) groups is 2. The molecule has 4 heterocycles. The Morgan fingerprint density at radius 1 is 0.907 bits per heavy atom. The number of aromatic amines is 1. The Morgan fingerprint density at radius 3 is 2.30 bits per heavy atom. The van der Waals surface area contributed by atoms with Gasteiger partial charge < -0.3 is 29.5 Å². The van der Waals surface area contributed by atoms with E-state index in [0.29, 0.717) is 29.8 Å². The number of aryl methyl sites for hydroxylation is 1. The van der Waals surface area contributed by atoms with E-state index < -0.39 is 18.1 Å². The molecule has 4 atom stereocenters. The van der Waals surface area contributed by atoms with E-state index in [2.05, 4.69) is 41.8 Å². The van der Waals surface area contributed by atoms with Crippen LogP contribution >= 0.6 is 11.8 Å². The number of nitrogens with one attached hydrogen (secondary N) is 3. The molecule has 276 valence electrons. The number of amides is 1. The molecule has 1 aliphatic rings. The molecule has 7 rings (SSSR count). The molecule has 1 fully saturated rings. The van der Waals surface area contributed by atoms with Crippen molar-refractivity contribution in [3.63, 3.8) is 0 Å². The molecule has 54 heavy (non-hydrogen) atoms. The Hall–Kier alpha value is -5.63. The molecule has 12 nitrogen and oxygen atoms in total. The maximum absolute atomic E-state index is 14.3. The summed E-state index contributed by atoms with van der Waals surface area (Å²) in [6, 6.07) is 30.1. The summed E-state index contributed by atoms with van der Waals surface area (Å²) in [5.74, 6) is 1.25. The van der Waals surface area contributed by atoms with E-state index in [4.69, 9.17) is 13.9 Å². The number of ketones is 1. The van der Waals surface area contributed by atoms with Crippen molar-refractivity contribution in [3.8, 4) is 11.5 Å². The molecule has 1 amide bonds. The minimum atomic E-state index is -0.863. The molecule has 3 aromatic carbocycles. The van der Waals surface area contributed by atoms with Crippen LogP contribution in [0.25, 0.3) is 11.5 Å². The number of alkyl carbamates (subject to hydrolysis) is 1. The van der Waals surface area contributed by atoms with Crippen LogP contribution in [0.2, 0.25) is 0 Å². The smallest absolute Gasteiger partial charge is 0.407 e. The van der Waals surface area contributed by atoms with Crippen molar-refractivity contribution in [1.29, 1.82) is 0 Å². The highest BCUT2D eigenvalue weighted by Crippen LogP contribution is 2.32. The number of aromatic nitrogens is 5. The van der Waals surface area contributed by atoms with Gasteiger partial charge in [-0.1, -0.05) is 96.7 Å². The monoisotopic (exact) mass is 743 g/mol. The van der Waals surface area contributed by atoms with Crippen LogP contribution in [0.3, 0.4) is 0 Å². The summed E-state index contributed by atoms with van der Waals surface area (Å²) in [5.41, 5.74) is 4.60. The number of nitrogens with zero attached hydrogens (tertiary/aromatic N) is 4. The lowest BCUT2D eigenvalue weighted by Gasteiger charge is -2.36. The first-order valence-electron chi connectivity index (χ1n) is 17.8. The minimum Gasteiger partial charge on any atom is -0.453 e. The summed E-state index contributed by atoms with van der Waals surface area (Å²) in [6.45, 7) is 0.626. The van der Waals surface area contributed by atoms with Crippen molar-refractivity contribution in [2.75, 3.05) is 19.4 Å². The maximum atomic E-state index is 14.3. The zero-order valence-electron chi connectivity index (χ0n) is 29.7. The number of pyridine rings is 1. The highest BCUT2D eigenvalue weighted by Gasteiger charge is 2.35. The van der Waals surface area contributed by atoms with Crippen LogP contribution in [-0.2, 0) is 27.1 Å². The second-order valence-electron chi connectivity index (χ2n) is 12.9. The number of ether oxygens (including phenoxy) is 2. The Bertz CT molecular complexity index is 2040. The molecule has 0 bridgehead atoms. The summed E-state index contributed by atoms with van der Waals surface area (Å²) in [6.07, 6.45) is 7.45. The molecule has 0 saturated carbocycles. The van der Waals surface area contributed by atoms with Gasteiger partial charge in [0.25, 0.3) is 5.22 Å². The standard InChI is InChI=1S/C41H41N7O5S/c1-51-40(50)46-36(35(28-11-4-2-5-12-28)29-13-6-3-7-14-29)33(49)24-31-15-9-8-10-27(31)16-17-32-25-45-37(38-43-22-23-44-38)34(52-32)26-54-41-48-47-39(53-41)30-18-20-42-21-19-30/h2-15,18-23,32,34-37,45H,16-17,24-26H2,1H3,(H,43,44)(H,46,50)/t32-,34-,36-,37+/m1/s1. The number of hydrogen-bond acceptors (Lipinski definition) is 11. The number of morpholine rings is 1. The molecule has 13 heteroatoms. The van der Waals surface area contributed by atoms with Gasteiger partial charge in [-0.25, -0.2) is 9.78 Å². The number of H-pyrrole nitrogens is 1.